The summed E-state index contributed by atoms with van der Waals surface area (Å²) in [7, 11) is 1.60. The number of rotatable bonds is 6. The Balaban J connectivity index is 1.58. The first-order valence-electron chi connectivity index (χ1n) is 7.94. The summed E-state index contributed by atoms with van der Waals surface area (Å²) in [6.45, 7) is 0.0924. The molecule has 0 N–H and O–H groups in total. The molecule has 0 saturated carbocycles. The minimum Gasteiger partial charge on any atom is -0.341 e. The Kier molecular flexibility index (Phi) is 5.58. The van der Waals surface area contributed by atoms with Gasteiger partial charge in [0.1, 0.15) is 5.82 Å². The molecule has 8 heteroatoms. The van der Waals surface area contributed by atoms with Crippen LogP contribution in [0.1, 0.15) is 17.9 Å². The first kappa shape index (κ1) is 18.0. The van der Waals surface area contributed by atoms with Crippen LogP contribution in [0.25, 0.3) is 11.4 Å². The summed E-state index contributed by atoms with van der Waals surface area (Å²) >= 11 is 6.00. The van der Waals surface area contributed by atoms with Gasteiger partial charge in [-0.05, 0) is 24.3 Å². The zero-order chi connectivity index (χ0) is 18.5. The van der Waals surface area contributed by atoms with E-state index in [1.165, 1.54) is 17.0 Å². The predicted molar refractivity (Wildman–Crippen MR) is 93.7 cm³/mol. The van der Waals surface area contributed by atoms with Crippen molar-refractivity contribution in [2.75, 3.05) is 7.05 Å². The molecule has 1 aromatic carbocycles. The normalized spacial score (nSPS) is 10.7. The van der Waals surface area contributed by atoms with E-state index in [-0.39, 0.29) is 18.9 Å². The maximum Gasteiger partial charge on any atom is 0.227 e. The van der Waals surface area contributed by atoms with Crippen LogP contribution in [0.4, 0.5) is 4.39 Å². The molecule has 0 unspecified atom stereocenters. The maximum absolute atomic E-state index is 13.8. The largest absolute Gasteiger partial charge is 0.341 e. The van der Waals surface area contributed by atoms with E-state index in [0.29, 0.717) is 28.7 Å². The van der Waals surface area contributed by atoms with Gasteiger partial charge in [-0.1, -0.05) is 22.8 Å². The highest BCUT2D eigenvalue weighted by Crippen LogP contribution is 2.21. The highest BCUT2D eigenvalue weighted by molar-refractivity contribution is 6.31. The van der Waals surface area contributed by atoms with Gasteiger partial charge in [0.15, 0.2) is 0 Å². The second-order valence-electron chi connectivity index (χ2n) is 5.70. The molecule has 2 aromatic heterocycles. The number of carbonyl (C=O) groups is 1. The van der Waals surface area contributed by atoms with Gasteiger partial charge in [-0.15, -0.1) is 0 Å². The van der Waals surface area contributed by atoms with Crippen LogP contribution < -0.4 is 0 Å². The van der Waals surface area contributed by atoms with Crippen molar-refractivity contribution in [2.24, 2.45) is 0 Å². The Hall–Kier alpha value is -2.80. The fourth-order valence-corrected chi connectivity index (χ4v) is 2.60. The molecule has 26 heavy (non-hydrogen) atoms. The number of aromatic nitrogens is 3. The number of hydrogen-bond acceptors (Lipinski definition) is 5. The molecule has 0 bridgehead atoms. The second-order valence-corrected chi connectivity index (χ2v) is 6.11. The monoisotopic (exact) mass is 374 g/mol. The molecule has 0 spiro atoms. The van der Waals surface area contributed by atoms with E-state index in [1.807, 2.05) is 6.07 Å². The van der Waals surface area contributed by atoms with Crippen LogP contribution in [0.5, 0.6) is 0 Å². The molecular formula is C18H16ClFN4O2. The van der Waals surface area contributed by atoms with Gasteiger partial charge in [-0.2, -0.15) is 4.98 Å². The lowest BCUT2D eigenvalue weighted by atomic mass is 10.2. The van der Waals surface area contributed by atoms with Gasteiger partial charge in [-0.3, -0.25) is 9.78 Å². The number of pyridine rings is 1. The van der Waals surface area contributed by atoms with Crippen LogP contribution in [-0.4, -0.2) is 33.0 Å². The third-order valence-corrected chi connectivity index (χ3v) is 4.18. The van der Waals surface area contributed by atoms with Crippen molar-refractivity contribution < 1.29 is 13.7 Å². The van der Waals surface area contributed by atoms with Gasteiger partial charge in [0.25, 0.3) is 0 Å². The molecule has 6 nitrogen and oxygen atoms in total. The van der Waals surface area contributed by atoms with Crippen molar-refractivity contribution in [3.05, 3.63) is 65.0 Å². The fourth-order valence-electron chi connectivity index (χ4n) is 2.38. The first-order valence-corrected chi connectivity index (χ1v) is 8.32. The quantitative estimate of drug-likeness (QED) is 0.660. The summed E-state index contributed by atoms with van der Waals surface area (Å²) in [6.07, 6.45) is 3.74. The third-order valence-electron chi connectivity index (χ3n) is 3.82. The summed E-state index contributed by atoms with van der Waals surface area (Å²) in [4.78, 5) is 22.0. The Bertz CT molecular complexity index is 881. The molecule has 134 valence electrons. The molecule has 3 rings (SSSR count). The summed E-state index contributed by atoms with van der Waals surface area (Å²) in [6, 6.07) is 8.03. The van der Waals surface area contributed by atoms with Crippen LogP contribution in [0.15, 0.2) is 47.2 Å². The number of benzene rings is 1. The average molecular weight is 375 g/mol. The number of nitrogens with zero attached hydrogens (tertiary/aromatic N) is 4. The average Bonchev–Trinajstić information content (AvgIpc) is 3.12. The lowest BCUT2D eigenvalue weighted by molar-refractivity contribution is -0.130. The molecule has 0 fully saturated rings. The van der Waals surface area contributed by atoms with Crippen LogP contribution in [0.3, 0.4) is 0 Å². The number of halogens is 2. The van der Waals surface area contributed by atoms with E-state index in [9.17, 15) is 9.18 Å². The van der Waals surface area contributed by atoms with E-state index >= 15 is 0 Å². The molecule has 0 aliphatic carbocycles. The molecule has 3 aromatic rings. The smallest absolute Gasteiger partial charge is 0.227 e. The van der Waals surface area contributed by atoms with E-state index in [2.05, 4.69) is 15.1 Å². The van der Waals surface area contributed by atoms with E-state index in [4.69, 9.17) is 16.1 Å². The summed E-state index contributed by atoms with van der Waals surface area (Å²) < 4.78 is 19.0. The summed E-state index contributed by atoms with van der Waals surface area (Å²) in [5.41, 5.74) is 1.03. The van der Waals surface area contributed by atoms with Gasteiger partial charge < -0.3 is 9.42 Å². The molecule has 0 saturated heterocycles. The van der Waals surface area contributed by atoms with Crippen molar-refractivity contribution >= 4 is 17.5 Å². The van der Waals surface area contributed by atoms with E-state index in [0.717, 1.165) is 5.56 Å². The van der Waals surface area contributed by atoms with Crippen LogP contribution in [0.2, 0.25) is 5.02 Å². The standard InChI is InChI=1S/C18H16ClFN4O2/c1-24(11-13-14(19)5-2-6-15(13)20)17(25)8-7-16-22-18(23-26-16)12-4-3-9-21-10-12/h2-6,9-10H,7-8,11H2,1H3. The van der Waals surface area contributed by atoms with Gasteiger partial charge in [-0.25, -0.2) is 4.39 Å². The van der Waals surface area contributed by atoms with Gasteiger partial charge in [0.05, 0.1) is 0 Å². The second kappa shape index (κ2) is 8.05. The van der Waals surface area contributed by atoms with Gasteiger partial charge in [0, 0.05) is 55.0 Å². The van der Waals surface area contributed by atoms with Crippen molar-refractivity contribution in [3.63, 3.8) is 0 Å². The minimum absolute atomic E-state index is 0.0924. The highest BCUT2D eigenvalue weighted by Gasteiger charge is 2.16. The Labute approximate surface area is 154 Å². The zero-order valence-corrected chi connectivity index (χ0v) is 14.8. The van der Waals surface area contributed by atoms with Gasteiger partial charge >= 0.3 is 0 Å². The maximum atomic E-state index is 13.8. The van der Waals surface area contributed by atoms with Crippen LogP contribution in [0, 0.1) is 5.82 Å². The van der Waals surface area contributed by atoms with E-state index < -0.39 is 5.82 Å². The number of aryl methyl sites for hydroxylation is 1. The zero-order valence-electron chi connectivity index (χ0n) is 14.0. The summed E-state index contributed by atoms with van der Waals surface area (Å²) in [5, 5.41) is 4.18. The SMILES string of the molecule is CN(Cc1c(F)cccc1Cl)C(=O)CCc1nc(-c2cccnc2)no1. The first-order chi connectivity index (χ1) is 12.5. The Morgan fingerprint density at radius 3 is 2.88 bits per heavy atom. The fraction of sp³-hybridized carbons (Fsp3) is 0.222. The van der Waals surface area contributed by atoms with Crippen molar-refractivity contribution in [1.82, 2.24) is 20.0 Å². The number of hydrogen-bond donors (Lipinski definition) is 0. The lowest BCUT2D eigenvalue weighted by Gasteiger charge is -2.18. The molecule has 0 aliphatic heterocycles. The molecule has 0 radical (unpaired) electrons. The Morgan fingerprint density at radius 1 is 1.31 bits per heavy atom. The van der Waals surface area contributed by atoms with Crippen molar-refractivity contribution in [3.8, 4) is 11.4 Å². The predicted octanol–water partition coefficient (Wildman–Crippen LogP) is 3.52. The summed E-state index contributed by atoms with van der Waals surface area (Å²) in [5.74, 6) is 0.169. The van der Waals surface area contributed by atoms with Gasteiger partial charge in [0.2, 0.25) is 17.6 Å². The molecule has 2 heterocycles. The highest BCUT2D eigenvalue weighted by atomic mass is 35.5. The molecular weight excluding hydrogens is 359 g/mol. The number of amides is 1. The minimum atomic E-state index is -0.435. The van der Waals surface area contributed by atoms with Crippen molar-refractivity contribution in [1.29, 1.82) is 0 Å². The Morgan fingerprint density at radius 2 is 2.15 bits per heavy atom. The van der Waals surface area contributed by atoms with E-state index in [1.54, 1.807) is 31.6 Å². The molecule has 0 atom stereocenters. The third kappa shape index (κ3) is 4.23. The number of carbonyl (C=O) groups excluding carboxylic acids is 1. The lowest BCUT2D eigenvalue weighted by Crippen LogP contribution is -2.27. The molecule has 1 amide bonds. The van der Waals surface area contributed by atoms with Crippen LogP contribution >= 0.6 is 11.6 Å². The van der Waals surface area contributed by atoms with Crippen molar-refractivity contribution in [2.45, 2.75) is 19.4 Å². The topological polar surface area (TPSA) is 72.1 Å². The van der Waals surface area contributed by atoms with Crippen LogP contribution in [-0.2, 0) is 17.8 Å². The molecule has 0 aliphatic rings.